The number of benzene rings is 2. The molecule has 0 saturated heterocycles. The van der Waals surface area contributed by atoms with E-state index >= 15 is 0 Å². The lowest BCUT2D eigenvalue weighted by molar-refractivity contribution is 0.0922. The van der Waals surface area contributed by atoms with Crippen LogP contribution in [0.15, 0.2) is 51.7 Å². The van der Waals surface area contributed by atoms with Gasteiger partial charge in [0.15, 0.2) is 6.61 Å². The third-order valence-corrected chi connectivity index (χ3v) is 4.85. The van der Waals surface area contributed by atoms with Crippen molar-refractivity contribution in [3.63, 3.8) is 0 Å². The first-order chi connectivity index (χ1) is 13.0. The minimum absolute atomic E-state index is 0.0922. The van der Waals surface area contributed by atoms with Crippen molar-refractivity contribution in [3.8, 4) is 5.75 Å². The molecule has 0 aliphatic carbocycles. The fraction of sp³-hybridized carbons (Fsp3) is 0.182. The monoisotopic (exact) mass is 361 g/mol. The van der Waals surface area contributed by atoms with Crippen LogP contribution in [0.3, 0.4) is 0 Å². The highest BCUT2D eigenvalue weighted by Gasteiger charge is 2.17. The van der Waals surface area contributed by atoms with E-state index in [-0.39, 0.29) is 12.4 Å². The average Bonchev–Trinajstić information content (AvgIpc) is 2.97. The Morgan fingerprint density at radius 3 is 2.67 bits per heavy atom. The molecule has 4 rings (SSSR count). The summed E-state index contributed by atoms with van der Waals surface area (Å²) in [5, 5.41) is 1.75. The summed E-state index contributed by atoms with van der Waals surface area (Å²) in [6, 6.07) is 12.8. The first kappa shape index (κ1) is 17.1. The molecule has 0 atom stereocenters. The molecule has 2 heterocycles. The van der Waals surface area contributed by atoms with Crippen LogP contribution in [0, 0.1) is 20.8 Å². The summed E-state index contributed by atoms with van der Waals surface area (Å²) >= 11 is 0. The van der Waals surface area contributed by atoms with Gasteiger partial charge in [0.05, 0.1) is 0 Å². The smallest absolute Gasteiger partial charge is 0.336 e. The summed E-state index contributed by atoms with van der Waals surface area (Å²) in [4.78, 5) is 27.7. The maximum Gasteiger partial charge on any atom is 0.336 e. The fourth-order valence-corrected chi connectivity index (χ4v) is 3.51. The number of H-pyrrole nitrogens is 1. The molecule has 27 heavy (non-hydrogen) atoms. The van der Waals surface area contributed by atoms with Crippen LogP contribution in [0.4, 0.5) is 0 Å². The highest BCUT2D eigenvalue weighted by molar-refractivity contribution is 6.09. The average molecular weight is 361 g/mol. The topological polar surface area (TPSA) is 72.3 Å². The predicted octanol–water partition coefficient (Wildman–Crippen LogP) is 4.46. The zero-order valence-corrected chi connectivity index (χ0v) is 15.4. The molecule has 136 valence electrons. The second-order valence-corrected chi connectivity index (χ2v) is 6.70. The summed E-state index contributed by atoms with van der Waals surface area (Å²) in [5.74, 6) is 0.428. The number of ketones is 1. The van der Waals surface area contributed by atoms with Crippen molar-refractivity contribution in [3.05, 3.63) is 75.3 Å². The van der Waals surface area contributed by atoms with Crippen LogP contribution in [0.1, 0.15) is 27.2 Å². The summed E-state index contributed by atoms with van der Waals surface area (Å²) in [6.45, 7) is 5.47. The van der Waals surface area contributed by atoms with Gasteiger partial charge in [0, 0.05) is 39.2 Å². The van der Waals surface area contributed by atoms with Gasteiger partial charge < -0.3 is 14.1 Å². The molecule has 0 bridgehead atoms. The molecule has 0 unspecified atom stereocenters. The molecule has 0 aliphatic rings. The molecule has 4 aromatic rings. The number of rotatable bonds is 4. The van der Waals surface area contributed by atoms with E-state index in [0.717, 1.165) is 27.5 Å². The van der Waals surface area contributed by atoms with E-state index in [1.165, 1.54) is 6.07 Å². The first-order valence-corrected chi connectivity index (χ1v) is 8.73. The molecule has 5 nitrogen and oxygen atoms in total. The maximum absolute atomic E-state index is 12.8. The second-order valence-electron chi connectivity index (χ2n) is 6.70. The van der Waals surface area contributed by atoms with Crippen LogP contribution in [0.25, 0.3) is 21.9 Å². The summed E-state index contributed by atoms with van der Waals surface area (Å²) in [5.41, 5.74) is 4.04. The predicted molar refractivity (Wildman–Crippen MR) is 105 cm³/mol. The van der Waals surface area contributed by atoms with Gasteiger partial charge >= 0.3 is 5.63 Å². The van der Waals surface area contributed by atoms with Gasteiger partial charge in [0.25, 0.3) is 0 Å². The van der Waals surface area contributed by atoms with Crippen molar-refractivity contribution in [2.75, 3.05) is 6.61 Å². The molecule has 2 aromatic carbocycles. The fourth-order valence-electron chi connectivity index (χ4n) is 3.51. The molecule has 0 amide bonds. The SMILES string of the molecule is Cc1[nH]c2ccccc2c1C(=O)COc1ccc2c(C)cc(=O)oc2c1C. The number of carbonyl (C=O) groups is 1. The lowest BCUT2D eigenvalue weighted by Crippen LogP contribution is -2.13. The van der Waals surface area contributed by atoms with E-state index in [0.29, 0.717) is 22.5 Å². The number of para-hydroxylation sites is 1. The summed E-state index contributed by atoms with van der Waals surface area (Å²) in [7, 11) is 0. The van der Waals surface area contributed by atoms with Gasteiger partial charge in [-0.1, -0.05) is 18.2 Å². The maximum atomic E-state index is 12.8. The molecular formula is C22H19NO4. The van der Waals surface area contributed by atoms with Crippen molar-refractivity contribution in [2.45, 2.75) is 20.8 Å². The summed E-state index contributed by atoms with van der Waals surface area (Å²) in [6.07, 6.45) is 0. The van der Waals surface area contributed by atoms with Gasteiger partial charge in [-0.15, -0.1) is 0 Å². The highest BCUT2D eigenvalue weighted by atomic mass is 16.5. The van der Waals surface area contributed by atoms with Gasteiger partial charge in [-0.05, 0) is 44.5 Å². The van der Waals surface area contributed by atoms with Crippen LogP contribution in [-0.4, -0.2) is 17.4 Å². The molecule has 2 aromatic heterocycles. The normalized spacial score (nSPS) is 11.2. The number of aryl methyl sites for hydroxylation is 3. The van der Waals surface area contributed by atoms with Gasteiger partial charge in [-0.25, -0.2) is 4.79 Å². The van der Waals surface area contributed by atoms with Crippen molar-refractivity contribution in [1.82, 2.24) is 4.98 Å². The number of aromatic amines is 1. The van der Waals surface area contributed by atoms with Crippen molar-refractivity contribution >= 4 is 27.7 Å². The van der Waals surface area contributed by atoms with Gasteiger partial charge in [-0.3, -0.25) is 4.79 Å². The standard InChI is InChI=1S/C22H19NO4/c1-12-10-20(25)27-22-13(2)19(9-8-15(12)22)26-11-18(24)21-14(3)23-17-7-5-4-6-16(17)21/h4-10,23H,11H2,1-3H3. The minimum Gasteiger partial charge on any atom is -0.485 e. The number of ether oxygens (including phenoxy) is 1. The van der Waals surface area contributed by atoms with E-state index in [4.69, 9.17) is 9.15 Å². The lowest BCUT2D eigenvalue weighted by atomic mass is 10.1. The number of aromatic nitrogens is 1. The lowest BCUT2D eigenvalue weighted by Gasteiger charge is -2.11. The van der Waals surface area contributed by atoms with Gasteiger partial charge in [-0.2, -0.15) is 0 Å². The Kier molecular flexibility index (Phi) is 4.07. The molecule has 0 saturated carbocycles. The van der Waals surface area contributed by atoms with E-state index in [1.807, 2.05) is 51.1 Å². The van der Waals surface area contributed by atoms with Crippen molar-refractivity contribution < 1.29 is 13.9 Å². The third-order valence-electron chi connectivity index (χ3n) is 4.85. The number of carbonyl (C=O) groups excluding carboxylic acids is 1. The molecule has 0 fully saturated rings. The molecule has 0 aliphatic heterocycles. The minimum atomic E-state index is -0.397. The molecule has 0 radical (unpaired) electrons. The molecule has 0 spiro atoms. The van der Waals surface area contributed by atoms with E-state index in [2.05, 4.69) is 4.98 Å². The number of Topliss-reactive ketones (excluding diaryl/α,β-unsaturated/α-hetero) is 1. The molecular weight excluding hydrogens is 342 g/mol. The Morgan fingerprint density at radius 2 is 1.85 bits per heavy atom. The zero-order valence-electron chi connectivity index (χ0n) is 15.4. The third kappa shape index (κ3) is 2.91. The zero-order chi connectivity index (χ0) is 19.1. The number of nitrogens with one attached hydrogen (secondary N) is 1. The van der Waals surface area contributed by atoms with E-state index in [9.17, 15) is 9.59 Å². The quantitative estimate of drug-likeness (QED) is 0.430. The Hall–Kier alpha value is -3.34. The Morgan fingerprint density at radius 1 is 1.07 bits per heavy atom. The van der Waals surface area contributed by atoms with Crippen LogP contribution in [0.5, 0.6) is 5.75 Å². The number of hydrogen-bond acceptors (Lipinski definition) is 4. The summed E-state index contributed by atoms with van der Waals surface area (Å²) < 4.78 is 11.1. The van der Waals surface area contributed by atoms with Crippen LogP contribution in [0.2, 0.25) is 0 Å². The highest BCUT2D eigenvalue weighted by Crippen LogP contribution is 2.29. The Bertz CT molecular complexity index is 1250. The van der Waals surface area contributed by atoms with Crippen LogP contribution in [-0.2, 0) is 0 Å². The van der Waals surface area contributed by atoms with Crippen LogP contribution < -0.4 is 10.4 Å². The first-order valence-electron chi connectivity index (χ1n) is 8.73. The Balaban J connectivity index is 1.65. The van der Waals surface area contributed by atoms with Gasteiger partial charge in [0.2, 0.25) is 5.78 Å². The van der Waals surface area contributed by atoms with Crippen molar-refractivity contribution in [2.24, 2.45) is 0 Å². The second kappa shape index (κ2) is 6.43. The van der Waals surface area contributed by atoms with E-state index < -0.39 is 5.63 Å². The van der Waals surface area contributed by atoms with Crippen LogP contribution >= 0.6 is 0 Å². The largest absolute Gasteiger partial charge is 0.485 e. The number of fused-ring (bicyclic) bond motifs is 2. The van der Waals surface area contributed by atoms with Gasteiger partial charge in [0.1, 0.15) is 11.3 Å². The number of hydrogen-bond donors (Lipinski definition) is 1. The van der Waals surface area contributed by atoms with E-state index in [1.54, 1.807) is 6.07 Å². The molecule has 1 N–H and O–H groups in total. The molecule has 5 heteroatoms. The Labute approximate surface area is 155 Å². The van der Waals surface area contributed by atoms with Crippen molar-refractivity contribution in [1.29, 1.82) is 0 Å².